The number of hydrogen-bond donors (Lipinski definition) is 0. The van der Waals surface area contributed by atoms with Gasteiger partial charge in [0, 0.05) is 18.0 Å². The molecule has 0 bridgehead atoms. The number of aliphatic imine (C=N–C) groups is 1. The first-order valence-electron chi connectivity index (χ1n) is 7.59. The van der Waals surface area contributed by atoms with E-state index in [4.69, 9.17) is 0 Å². The number of rotatable bonds is 0. The number of amidine groups is 1. The molecule has 0 unspecified atom stereocenters. The predicted molar refractivity (Wildman–Crippen MR) is 76.7 cm³/mol. The van der Waals surface area contributed by atoms with Crippen molar-refractivity contribution in [3.05, 3.63) is 52.8 Å². The minimum atomic E-state index is -4.71. The van der Waals surface area contributed by atoms with Crippen LogP contribution in [0.5, 0.6) is 0 Å². The van der Waals surface area contributed by atoms with Crippen LogP contribution >= 0.6 is 0 Å². The normalized spacial score (nSPS) is 25.0. The number of hydrogen-bond acceptors (Lipinski definition) is 3. The molecule has 1 aromatic rings. The highest BCUT2D eigenvalue weighted by Gasteiger charge is 2.49. The van der Waals surface area contributed by atoms with Gasteiger partial charge in [-0.3, -0.25) is 9.98 Å². The molecular formula is C16H10F7N3. The summed E-state index contributed by atoms with van der Waals surface area (Å²) in [6, 6.07) is 0.921. The molecule has 1 spiro atoms. The van der Waals surface area contributed by atoms with Crippen molar-refractivity contribution in [2.75, 3.05) is 6.54 Å². The van der Waals surface area contributed by atoms with Crippen molar-refractivity contribution in [1.29, 1.82) is 0 Å². The van der Waals surface area contributed by atoms with Crippen molar-refractivity contribution in [3.63, 3.8) is 0 Å². The van der Waals surface area contributed by atoms with Crippen LogP contribution in [-0.4, -0.2) is 28.4 Å². The summed E-state index contributed by atoms with van der Waals surface area (Å²) >= 11 is 0. The van der Waals surface area contributed by atoms with E-state index in [1.165, 1.54) is 0 Å². The van der Waals surface area contributed by atoms with Crippen LogP contribution in [-0.2, 0) is 18.1 Å². The standard InChI is InChI=1S/C16H10F7N3/c17-11-4-9(15(18,19)20)6-26-7-14(25-13(11)26)2-1-8-3-12(16(21,22)23)24-5-10(8)14/h3-6H,1-2,7H2/t14-/m1/s1. The molecule has 0 radical (unpaired) electrons. The third kappa shape index (κ3) is 2.50. The third-order valence-electron chi connectivity index (χ3n) is 4.73. The quantitative estimate of drug-likeness (QED) is 0.632. The summed E-state index contributed by atoms with van der Waals surface area (Å²) < 4.78 is 91.2. The van der Waals surface area contributed by atoms with Crippen molar-refractivity contribution in [2.24, 2.45) is 4.99 Å². The molecule has 26 heavy (non-hydrogen) atoms. The SMILES string of the molecule is FC1=CC(C(F)(F)F)=CN2C[C@@]3(CCc4cc(C(F)(F)F)ncc43)N=C12. The topological polar surface area (TPSA) is 28.5 Å². The summed E-state index contributed by atoms with van der Waals surface area (Å²) in [5.41, 5.74) is -2.51. The molecule has 0 aromatic carbocycles. The lowest BCUT2D eigenvalue weighted by atomic mass is 9.94. The molecule has 3 heterocycles. The zero-order valence-corrected chi connectivity index (χ0v) is 12.9. The Labute approximate surface area is 142 Å². The fourth-order valence-electron chi connectivity index (χ4n) is 3.55. The monoisotopic (exact) mass is 377 g/mol. The van der Waals surface area contributed by atoms with Crippen LogP contribution in [0.2, 0.25) is 0 Å². The first kappa shape index (κ1) is 17.0. The minimum absolute atomic E-state index is 0.0801. The average molecular weight is 377 g/mol. The summed E-state index contributed by atoms with van der Waals surface area (Å²) in [4.78, 5) is 8.71. The number of allylic oxidation sites excluding steroid dienone is 2. The van der Waals surface area contributed by atoms with Crippen molar-refractivity contribution in [2.45, 2.75) is 30.7 Å². The van der Waals surface area contributed by atoms with Crippen LogP contribution in [0, 0.1) is 0 Å². The lowest BCUT2D eigenvalue weighted by Gasteiger charge is -2.25. The van der Waals surface area contributed by atoms with E-state index in [0.717, 1.165) is 23.4 Å². The highest BCUT2D eigenvalue weighted by molar-refractivity contribution is 6.00. The fourth-order valence-corrected chi connectivity index (χ4v) is 3.55. The maximum absolute atomic E-state index is 14.1. The lowest BCUT2D eigenvalue weighted by Crippen LogP contribution is -2.32. The average Bonchev–Trinajstić information content (AvgIpc) is 3.07. The van der Waals surface area contributed by atoms with Gasteiger partial charge >= 0.3 is 12.4 Å². The number of pyridine rings is 1. The zero-order chi connectivity index (χ0) is 18.9. The number of fused-ring (bicyclic) bond motifs is 3. The van der Waals surface area contributed by atoms with Gasteiger partial charge in [0.1, 0.15) is 11.2 Å². The number of alkyl halides is 6. The second-order valence-electron chi connectivity index (χ2n) is 6.39. The molecule has 0 amide bonds. The van der Waals surface area contributed by atoms with Crippen LogP contribution < -0.4 is 0 Å². The van der Waals surface area contributed by atoms with Gasteiger partial charge in [-0.25, -0.2) is 4.39 Å². The molecule has 10 heteroatoms. The molecule has 138 valence electrons. The Morgan fingerprint density at radius 1 is 1.08 bits per heavy atom. The Morgan fingerprint density at radius 2 is 1.81 bits per heavy atom. The Bertz CT molecular complexity index is 879. The molecule has 4 rings (SSSR count). The van der Waals surface area contributed by atoms with E-state index in [1.807, 2.05) is 0 Å². The van der Waals surface area contributed by atoms with Gasteiger partial charge in [-0.15, -0.1) is 0 Å². The summed E-state index contributed by atoms with van der Waals surface area (Å²) in [6.45, 7) is -0.0801. The molecule has 3 nitrogen and oxygen atoms in total. The number of aromatic nitrogens is 1. The van der Waals surface area contributed by atoms with Gasteiger partial charge in [0.2, 0.25) is 0 Å². The summed E-state index contributed by atoms with van der Waals surface area (Å²) in [5.74, 6) is -1.37. The number of aryl methyl sites for hydroxylation is 1. The summed E-state index contributed by atoms with van der Waals surface area (Å²) in [5, 5.41) is 0. The van der Waals surface area contributed by atoms with E-state index >= 15 is 0 Å². The molecule has 0 saturated heterocycles. The Hall–Kier alpha value is -2.39. The van der Waals surface area contributed by atoms with E-state index < -0.39 is 35.0 Å². The molecule has 1 atom stereocenters. The van der Waals surface area contributed by atoms with Gasteiger partial charge in [0.15, 0.2) is 11.7 Å². The van der Waals surface area contributed by atoms with Gasteiger partial charge in [0.05, 0.1) is 12.1 Å². The molecule has 0 fully saturated rings. The van der Waals surface area contributed by atoms with E-state index in [2.05, 4.69) is 9.98 Å². The largest absolute Gasteiger partial charge is 0.433 e. The molecular weight excluding hydrogens is 367 g/mol. The van der Waals surface area contributed by atoms with Crippen LogP contribution in [0.25, 0.3) is 0 Å². The minimum Gasteiger partial charge on any atom is -0.327 e. The first-order valence-corrected chi connectivity index (χ1v) is 7.59. The van der Waals surface area contributed by atoms with Gasteiger partial charge in [-0.1, -0.05) is 0 Å². The van der Waals surface area contributed by atoms with Crippen LogP contribution in [0.3, 0.4) is 0 Å². The molecule has 2 aliphatic heterocycles. The predicted octanol–water partition coefficient (Wildman–Crippen LogP) is 4.27. The Kier molecular flexibility index (Phi) is 3.33. The molecule has 1 aliphatic carbocycles. The van der Waals surface area contributed by atoms with E-state index in [0.29, 0.717) is 17.2 Å². The Balaban J connectivity index is 1.73. The van der Waals surface area contributed by atoms with Gasteiger partial charge < -0.3 is 4.90 Å². The number of halogens is 7. The van der Waals surface area contributed by atoms with Crippen molar-refractivity contribution in [3.8, 4) is 0 Å². The highest BCUT2D eigenvalue weighted by atomic mass is 19.4. The van der Waals surface area contributed by atoms with Crippen molar-refractivity contribution >= 4 is 5.84 Å². The van der Waals surface area contributed by atoms with Crippen LogP contribution in [0.1, 0.15) is 23.2 Å². The fraction of sp³-hybridized carbons (Fsp3) is 0.375. The van der Waals surface area contributed by atoms with Crippen molar-refractivity contribution in [1.82, 2.24) is 9.88 Å². The first-order chi connectivity index (χ1) is 12.0. The van der Waals surface area contributed by atoms with E-state index in [-0.39, 0.29) is 25.2 Å². The summed E-state index contributed by atoms with van der Waals surface area (Å²) in [6.07, 6.45) is -6.59. The van der Waals surface area contributed by atoms with Gasteiger partial charge in [-0.2, -0.15) is 26.3 Å². The Morgan fingerprint density at radius 3 is 2.46 bits per heavy atom. The van der Waals surface area contributed by atoms with E-state index in [1.54, 1.807) is 0 Å². The second-order valence-corrected chi connectivity index (χ2v) is 6.39. The lowest BCUT2D eigenvalue weighted by molar-refractivity contribution is -0.141. The molecule has 1 aromatic heterocycles. The highest BCUT2D eigenvalue weighted by Crippen LogP contribution is 2.47. The smallest absolute Gasteiger partial charge is 0.327 e. The summed E-state index contributed by atoms with van der Waals surface area (Å²) in [7, 11) is 0. The zero-order valence-electron chi connectivity index (χ0n) is 12.9. The van der Waals surface area contributed by atoms with Crippen LogP contribution in [0.15, 0.2) is 40.9 Å². The van der Waals surface area contributed by atoms with E-state index in [9.17, 15) is 30.7 Å². The maximum atomic E-state index is 14.1. The van der Waals surface area contributed by atoms with Crippen LogP contribution in [0.4, 0.5) is 30.7 Å². The van der Waals surface area contributed by atoms with Gasteiger partial charge in [-0.05, 0) is 30.5 Å². The third-order valence-corrected chi connectivity index (χ3v) is 4.73. The number of nitrogens with zero attached hydrogens (tertiary/aromatic N) is 3. The molecule has 0 saturated carbocycles. The van der Waals surface area contributed by atoms with Gasteiger partial charge in [0.25, 0.3) is 0 Å². The van der Waals surface area contributed by atoms with Crippen molar-refractivity contribution < 1.29 is 30.7 Å². The molecule has 0 N–H and O–H groups in total. The molecule has 3 aliphatic rings. The second kappa shape index (κ2) is 5.08. The maximum Gasteiger partial charge on any atom is 0.433 e.